The maximum Gasteiger partial charge on any atom is 0.350 e. The largest absolute Gasteiger partial charge is 0.462 e. The molecule has 0 saturated heterocycles. The summed E-state index contributed by atoms with van der Waals surface area (Å²) in [6.45, 7) is 5.40. The minimum absolute atomic E-state index is 0.0482. The number of nitriles is 1. The molecule has 0 aromatic heterocycles. The van der Waals surface area contributed by atoms with Gasteiger partial charge < -0.3 is 10.1 Å². The number of hydrogen-bond donors (Lipinski definition) is 1. The van der Waals surface area contributed by atoms with Crippen molar-refractivity contribution in [3.05, 3.63) is 11.8 Å². The summed E-state index contributed by atoms with van der Waals surface area (Å²) in [5.41, 5.74) is 0.0482. The summed E-state index contributed by atoms with van der Waals surface area (Å²) >= 11 is 0. The fourth-order valence-electron chi connectivity index (χ4n) is 1.71. The van der Waals surface area contributed by atoms with Gasteiger partial charge in [0.25, 0.3) is 0 Å². The molecule has 4 nitrogen and oxygen atoms in total. The standard InChI is InChI=1S/C16H28N2O2/c1-3-5-7-8-9-10-11-18-14-15(13-17)16(19)20-12-6-4-2/h14,18H,3-12H2,1-2H3. The van der Waals surface area contributed by atoms with E-state index in [0.29, 0.717) is 6.61 Å². The van der Waals surface area contributed by atoms with Crippen LogP contribution in [0.3, 0.4) is 0 Å². The molecule has 0 aliphatic rings. The lowest BCUT2D eigenvalue weighted by atomic mass is 10.1. The van der Waals surface area contributed by atoms with E-state index in [0.717, 1.165) is 25.8 Å². The highest BCUT2D eigenvalue weighted by atomic mass is 16.5. The predicted octanol–water partition coefficient (Wildman–Crippen LogP) is 3.69. The topological polar surface area (TPSA) is 62.1 Å². The van der Waals surface area contributed by atoms with Gasteiger partial charge in [-0.2, -0.15) is 5.26 Å². The molecule has 4 heteroatoms. The maximum atomic E-state index is 11.5. The quantitative estimate of drug-likeness (QED) is 0.256. The molecule has 20 heavy (non-hydrogen) atoms. The Labute approximate surface area is 123 Å². The monoisotopic (exact) mass is 280 g/mol. The van der Waals surface area contributed by atoms with Crippen molar-refractivity contribution in [2.24, 2.45) is 0 Å². The van der Waals surface area contributed by atoms with Crippen LogP contribution < -0.4 is 5.32 Å². The average molecular weight is 280 g/mol. The number of carbonyl (C=O) groups is 1. The Morgan fingerprint density at radius 3 is 2.40 bits per heavy atom. The first kappa shape index (κ1) is 18.5. The van der Waals surface area contributed by atoms with Gasteiger partial charge in [-0.1, -0.05) is 52.4 Å². The van der Waals surface area contributed by atoms with Crippen molar-refractivity contribution in [3.63, 3.8) is 0 Å². The number of esters is 1. The summed E-state index contributed by atoms with van der Waals surface area (Å²) < 4.78 is 4.99. The Morgan fingerprint density at radius 1 is 1.10 bits per heavy atom. The van der Waals surface area contributed by atoms with Crippen molar-refractivity contribution in [3.8, 4) is 6.07 Å². The zero-order valence-corrected chi connectivity index (χ0v) is 12.9. The third-order valence-corrected chi connectivity index (χ3v) is 2.99. The molecule has 1 N–H and O–H groups in total. The van der Waals surface area contributed by atoms with Crippen molar-refractivity contribution in [1.82, 2.24) is 5.32 Å². The lowest BCUT2D eigenvalue weighted by molar-refractivity contribution is -0.138. The lowest BCUT2D eigenvalue weighted by Crippen LogP contribution is -2.13. The smallest absolute Gasteiger partial charge is 0.350 e. The van der Waals surface area contributed by atoms with E-state index in [-0.39, 0.29) is 5.57 Å². The second kappa shape index (κ2) is 13.9. The number of hydrogen-bond acceptors (Lipinski definition) is 4. The Bertz CT molecular complexity index is 319. The van der Waals surface area contributed by atoms with Crippen LogP contribution in [0.25, 0.3) is 0 Å². The molecule has 0 fully saturated rings. The minimum atomic E-state index is -0.531. The van der Waals surface area contributed by atoms with Crippen LogP contribution in [0.1, 0.15) is 65.2 Å². The summed E-state index contributed by atoms with van der Waals surface area (Å²) in [7, 11) is 0. The van der Waals surface area contributed by atoms with Gasteiger partial charge in [0.05, 0.1) is 6.61 Å². The van der Waals surface area contributed by atoms with Crippen LogP contribution in [-0.4, -0.2) is 19.1 Å². The highest BCUT2D eigenvalue weighted by Crippen LogP contribution is 2.04. The van der Waals surface area contributed by atoms with Crippen LogP contribution in [0.2, 0.25) is 0 Å². The molecule has 0 rings (SSSR count). The summed E-state index contributed by atoms with van der Waals surface area (Å²) in [4.78, 5) is 11.5. The van der Waals surface area contributed by atoms with Gasteiger partial charge >= 0.3 is 5.97 Å². The van der Waals surface area contributed by atoms with Crippen molar-refractivity contribution < 1.29 is 9.53 Å². The van der Waals surface area contributed by atoms with Gasteiger partial charge in [-0.05, 0) is 12.8 Å². The molecular formula is C16H28N2O2. The van der Waals surface area contributed by atoms with Crippen molar-refractivity contribution in [1.29, 1.82) is 5.26 Å². The van der Waals surface area contributed by atoms with Crippen LogP contribution >= 0.6 is 0 Å². The fraction of sp³-hybridized carbons (Fsp3) is 0.750. The van der Waals surface area contributed by atoms with E-state index < -0.39 is 5.97 Å². The van der Waals surface area contributed by atoms with Crippen LogP contribution in [0.15, 0.2) is 11.8 Å². The third-order valence-electron chi connectivity index (χ3n) is 2.99. The van der Waals surface area contributed by atoms with Gasteiger partial charge in [-0.15, -0.1) is 0 Å². The van der Waals surface area contributed by atoms with E-state index in [9.17, 15) is 4.79 Å². The third kappa shape index (κ3) is 10.4. The number of nitrogens with zero attached hydrogens (tertiary/aromatic N) is 1. The number of unbranched alkanes of at least 4 members (excludes halogenated alkanes) is 6. The van der Waals surface area contributed by atoms with E-state index in [1.807, 2.05) is 13.0 Å². The predicted molar refractivity (Wildman–Crippen MR) is 80.9 cm³/mol. The summed E-state index contributed by atoms with van der Waals surface area (Å²) in [6.07, 6.45) is 10.6. The van der Waals surface area contributed by atoms with Gasteiger partial charge in [-0.25, -0.2) is 4.79 Å². The maximum absolute atomic E-state index is 11.5. The van der Waals surface area contributed by atoms with E-state index in [2.05, 4.69) is 12.2 Å². The number of ether oxygens (including phenoxy) is 1. The van der Waals surface area contributed by atoms with Gasteiger partial charge in [-0.3, -0.25) is 0 Å². The SMILES string of the molecule is CCCCCCCCNC=C(C#N)C(=O)OCCCC. The van der Waals surface area contributed by atoms with E-state index >= 15 is 0 Å². The molecule has 0 heterocycles. The highest BCUT2D eigenvalue weighted by Gasteiger charge is 2.09. The molecular weight excluding hydrogens is 252 g/mol. The van der Waals surface area contributed by atoms with Gasteiger partial charge in [0.15, 0.2) is 5.57 Å². The molecule has 0 radical (unpaired) electrons. The molecule has 0 saturated carbocycles. The molecule has 0 spiro atoms. The summed E-state index contributed by atoms with van der Waals surface area (Å²) in [5, 5.41) is 11.9. The fourth-order valence-corrected chi connectivity index (χ4v) is 1.71. The van der Waals surface area contributed by atoms with Crippen molar-refractivity contribution in [2.75, 3.05) is 13.2 Å². The number of rotatable bonds is 12. The normalized spacial score (nSPS) is 10.9. The summed E-state index contributed by atoms with van der Waals surface area (Å²) in [6, 6.07) is 1.87. The first-order chi connectivity index (χ1) is 9.76. The molecule has 0 bridgehead atoms. The average Bonchev–Trinajstić information content (AvgIpc) is 2.46. The van der Waals surface area contributed by atoms with Gasteiger partial charge in [0.1, 0.15) is 6.07 Å². The first-order valence-electron chi connectivity index (χ1n) is 7.77. The number of carbonyl (C=O) groups excluding carboxylic acids is 1. The van der Waals surface area contributed by atoms with Crippen LogP contribution in [0.4, 0.5) is 0 Å². The molecule has 0 aliphatic carbocycles. The first-order valence-corrected chi connectivity index (χ1v) is 7.77. The van der Waals surface area contributed by atoms with Crippen LogP contribution in [0, 0.1) is 11.3 Å². The Morgan fingerprint density at radius 2 is 1.75 bits per heavy atom. The van der Waals surface area contributed by atoms with Crippen LogP contribution in [-0.2, 0) is 9.53 Å². The van der Waals surface area contributed by atoms with Crippen LogP contribution in [0.5, 0.6) is 0 Å². The second-order valence-corrected chi connectivity index (χ2v) is 4.88. The Hall–Kier alpha value is -1.50. The zero-order chi connectivity index (χ0) is 15.1. The van der Waals surface area contributed by atoms with E-state index in [4.69, 9.17) is 10.00 Å². The molecule has 0 aliphatic heterocycles. The van der Waals surface area contributed by atoms with Gasteiger partial charge in [0, 0.05) is 12.7 Å². The lowest BCUT2D eigenvalue weighted by Gasteiger charge is -2.04. The highest BCUT2D eigenvalue weighted by molar-refractivity contribution is 5.92. The molecule has 114 valence electrons. The number of nitrogens with one attached hydrogen (secondary N) is 1. The van der Waals surface area contributed by atoms with Crippen molar-refractivity contribution >= 4 is 5.97 Å². The molecule has 0 amide bonds. The molecule has 0 atom stereocenters. The zero-order valence-electron chi connectivity index (χ0n) is 12.9. The minimum Gasteiger partial charge on any atom is -0.462 e. The Kier molecular flexibility index (Phi) is 12.9. The molecule has 0 aromatic carbocycles. The summed E-state index contributed by atoms with van der Waals surface area (Å²) in [5.74, 6) is -0.531. The Balaban J connectivity index is 3.74. The van der Waals surface area contributed by atoms with E-state index in [1.54, 1.807) is 0 Å². The van der Waals surface area contributed by atoms with Gasteiger partial charge in [0.2, 0.25) is 0 Å². The van der Waals surface area contributed by atoms with E-state index in [1.165, 1.54) is 38.3 Å². The molecule has 0 aromatic rings. The second-order valence-electron chi connectivity index (χ2n) is 4.88. The molecule has 0 unspecified atom stereocenters. The van der Waals surface area contributed by atoms with Crippen molar-refractivity contribution in [2.45, 2.75) is 65.2 Å².